The van der Waals surface area contributed by atoms with Crippen LogP contribution in [-0.2, 0) is 0 Å². The van der Waals surface area contributed by atoms with Gasteiger partial charge < -0.3 is 5.32 Å². The lowest BCUT2D eigenvalue weighted by atomic mass is 10.1. The molecule has 0 aliphatic heterocycles. The summed E-state index contributed by atoms with van der Waals surface area (Å²) >= 11 is 9.24. The largest absolute Gasteiger partial charge is 0.380 e. The Bertz CT molecular complexity index is 331. The van der Waals surface area contributed by atoms with E-state index in [0.717, 1.165) is 5.69 Å². The van der Waals surface area contributed by atoms with Crippen LogP contribution in [0, 0.1) is 11.7 Å². The molecule has 0 heterocycles. The summed E-state index contributed by atoms with van der Waals surface area (Å²) in [6.07, 6.45) is 0. The number of halogens is 3. The molecule has 0 spiro atoms. The number of benzene rings is 1. The van der Waals surface area contributed by atoms with Crippen molar-refractivity contribution >= 4 is 33.2 Å². The average Bonchev–Trinajstić information content (AvgIpc) is 2.10. The molecule has 0 saturated heterocycles. The summed E-state index contributed by atoms with van der Waals surface area (Å²) in [5, 5.41) is 3.66. The van der Waals surface area contributed by atoms with Gasteiger partial charge in [0.15, 0.2) is 0 Å². The van der Waals surface area contributed by atoms with Crippen molar-refractivity contribution in [2.45, 2.75) is 26.8 Å². The van der Waals surface area contributed by atoms with Crippen LogP contribution in [0.15, 0.2) is 16.6 Å². The second kappa shape index (κ2) is 5.17. The molecule has 0 bridgehead atoms. The van der Waals surface area contributed by atoms with Crippen molar-refractivity contribution in [2.24, 2.45) is 5.92 Å². The molecular weight excluding hydrogens is 280 g/mol. The molecule has 1 aromatic rings. The number of nitrogens with one attached hydrogen (secondary N) is 1. The van der Waals surface area contributed by atoms with Gasteiger partial charge in [-0.2, -0.15) is 0 Å². The van der Waals surface area contributed by atoms with Crippen LogP contribution in [0.25, 0.3) is 0 Å². The molecule has 1 N–H and O–H groups in total. The third kappa shape index (κ3) is 3.35. The first-order chi connectivity index (χ1) is 6.91. The van der Waals surface area contributed by atoms with Gasteiger partial charge in [-0.05, 0) is 40.9 Å². The van der Waals surface area contributed by atoms with Crippen LogP contribution in [0.3, 0.4) is 0 Å². The first-order valence-corrected chi connectivity index (χ1v) is 6.00. The topological polar surface area (TPSA) is 12.0 Å². The summed E-state index contributed by atoms with van der Waals surface area (Å²) in [6, 6.07) is 2.99. The van der Waals surface area contributed by atoms with Crippen LogP contribution in [0.4, 0.5) is 10.1 Å². The van der Waals surface area contributed by atoms with Gasteiger partial charge in [-0.1, -0.05) is 25.4 Å². The number of rotatable bonds is 3. The predicted octanol–water partition coefficient (Wildman–Crippen LogP) is 4.70. The van der Waals surface area contributed by atoms with Crippen molar-refractivity contribution in [2.75, 3.05) is 5.32 Å². The number of hydrogen-bond acceptors (Lipinski definition) is 1. The average molecular weight is 295 g/mol. The van der Waals surface area contributed by atoms with Gasteiger partial charge in [0.25, 0.3) is 0 Å². The molecule has 0 fully saturated rings. The summed E-state index contributed by atoms with van der Waals surface area (Å²) in [5.74, 6) is 0.146. The summed E-state index contributed by atoms with van der Waals surface area (Å²) in [7, 11) is 0. The van der Waals surface area contributed by atoms with Crippen LogP contribution in [0.2, 0.25) is 5.02 Å². The van der Waals surface area contributed by atoms with E-state index in [1.165, 1.54) is 12.1 Å². The molecule has 1 unspecified atom stereocenters. The van der Waals surface area contributed by atoms with Gasteiger partial charge in [0.1, 0.15) is 5.82 Å². The van der Waals surface area contributed by atoms with Crippen molar-refractivity contribution < 1.29 is 4.39 Å². The zero-order valence-corrected chi connectivity index (χ0v) is 11.3. The number of hydrogen-bond donors (Lipinski definition) is 1. The van der Waals surface area contributed by atoms with E-state index in [9.17, 15) is 4.39 Å². The fraction of sp³-hybridized carbons (Fsp3) is 0.455. The Kier molecular flexibility index (Phi) is 4.41. The fourth-order valence-corrected chi connectivity index (χ4v) is 2.00. The van der Waals surface area contributed by atoms with Gasteiger partial charge in [-0.3, -0.25) is 0 Å². The molecular formula is C11H14BrClFN. The highest BCUT2D eigenvalue weighted by atomic mass is 79.9. The number of anilines is 1. The Balaban J connectivity index is 2.95. The van der Waals surface area contributed by atoms with Gasteiger partial charge in [0.05, 0.1) is 10.7 Å². The highest BCUT2D eigenvalue weighted by Crippen LogP contribution is 2.32. The lowest BCUT2D eigenvalue weighted by Gasteiger charge is -2.20. The van der Waals surface area contributed by atoms with Crippen LogP contribution < -0.4 is 5.32 Å². The summed E-state index contributed by atoms with van der Waals surface area (Å²) in [4.78, 5) is 0. The predicted molar refractivity (Wildman–Crippen MR) is 67.0 cm³/mol. The van der Waals surface area contributed by atoms with Gasteiger partial charge >= 0.3 is 0 Å². The minimum absolute atomic E-state index is 0.282. The minimum atomic E-state index is -0.338. The first kappa shape index (κ1) is 12.8. The Labute approximate surface area is 103 Å². The van der Waals surface area contributed by atoms with Gasteiger partial charge in [-0.25, -0.2) is 4.39 Å². The Hall–Kier alpha value is -0.280. The second-order valence-corrected chi connectivity index (χ2v) is 5.18. The minimum Gasteiger partial charge on any atom is -0.380 e. The molecule has 4 heteroatoms. The molecule has 1 nitrogen and oxygen atoms in total. The molecule has 0 amide bonds. The molecule has 1 atom stereocenters. The molecule has 1 rings (SSSR count). The Morgan fingerprint density at radius 1 is 1.33 bits per heavy atom. The highest BCUT2D eigenvalue weighted by molar-refractivity contribution is 9.10. The molecule has 15 heavy (non-hydrogen) atoms. The van der Waals surface area contributed by atoms with Crippen molar-refractivity contribution in [1.82, 2.24) is 0 Å². The monoisotopic (exact) mass is 293 g/mol. The second-order valence-electron chi connectivity index (χ2n) is 3.92. The van der Waals surface area contributed by atoms with Crippen molar-refractivity contribution in [3.63, 3.8) is 0 Å². The zero-order valence-electron chi connectivity index (χ0n) is 8.94. The quantitative estimate of drug-likeness (QED) is 0.852. The van der Waals surface area contributed by atoms with E-state index in [1.807, 2.05) is 0 Å². The van der Waals surface area contributed by atoms with Gasteiger partial charge in [-0.15, -0.1) is 0 Å². The summed E-state index contributed by atoms with van der Waals surface area (Å²) < 4.78 is 13.6. The lowest BCUT2D eigenvalue weighted by Crippen LogP contribution is -2.21. The maximum Gasteiger partial charge on any atom is 0.125 e. The molecule has 0 aliphatic carbocycles. The first-order valence-electron chi connectivity index (χ1n) is 4.83. The SMILES string of the molecule is CC(C)C(C)Nc1c(Cl)cc(F)cc1Br. The Morgan fingerprint density at radius 2 is 1.93 bits per heavy atom. The molecule has 0 saturated carbocycles. The van der Waals surface area contributed by atoms with Crippen LogP contribution in [-0.4, -0.2) is 6.04 Å². The lowest BCUT2D eigenvalue weighted by molar-refractivity contribution is 0.559. The van der Waals surface area contributed by atoms with Crippen LogP contribution in [0.5, 0.6) is 0 Å². The van der Waals surface area contributed by atoms with Crippen LogP contribution >= 0.6 is 27.5 Å². The van der Waals surface area contributed by atoms with E-state index >= 15 is 0 Å². The Morgan fingerprint density at radius 3 is 2.40 bits per heavy atom. The standard InChI is InChI=1S/C11H14BrClFN/c1-6(2)7(3)15-11-9(12)4-8(14)5-10(11)13/h4-7,15H,1-3H3. The van der Waals surface area contributed by atoms with E-state index in [0.29, 0.717) is 15.4 Å². The van der Waals surface area contributed by atoms with Gasteiger partial charge in [0, 0.05) is 10.5 Å². The fourth-order valence-electron chi connectivity index (χ4n) is 1.07. The van der Waals surface area contributed by atoms with E-state index in [1.54, 1.807) is 0 Å². The smallest absolute Gasteiger partial charge is 0.125 e. The van der Waals surface area contributed by atoms with Crippen molar-refractivity contribution in [3.8, 4) is 0 Å². The maximum absolute atomic E-state index is 13.0. The van der Waals surface area contributed by atoms with E-state index in [2.05, 4.69) is 42.0 Å². The molecule has 84 valence electrons. The van der Waals surface area contributed by atoms with Crippen molar-refractivity contribution in [1.29, 1.82) is 0 Å². The molecule has 0 radical (unpaired) electrons. The van der Waals surface area contributed by atoms with Crippen LogP contribution in [0.1, 0.15) is 20.8 Å². The van der Waals surface area contributed by atoms with Crippen molar-refractivity contribution in [3.05, 3.63) is 27.4 Å². The third-order valence-electron chi connectivity index (χ3n) is 2.38. The van der Waals surface area contributed by atoms with E-state index < -0.39 is 0 Å². The maximum atomic E-state index is 13.0. The summed E-state index contributed by atoms with van der Waals surface area (Å²) in [5.41, 5.74) is 0.749. The zero-order chi connectivity index (χ0) is 11.6. The molecule has 0 aromatic heterocycles. The normalized spacial score (nSPS) is 13.0. The molecule has 1 aromatic carbocycles. The van der Waals surface area contributed by atoms with Gasteiger partial charge in [0.2, 0.25) is 0 Å². The van der Waals surface area contributed by atoms with E-state index in [4.69, 9.17) is 11.6 Å². The summed E-state index contributed by atoms with van der Waals surface area (Å²) in [6.45, 7) is 6.29. The van der Waals surface area contributed by atoms with E-state index in [-0.39, 0.29) is 11.9 Å². The highest BCUT2D eigenvalue weighted by Gasteiger charge is 2.12. The molecule has 0 aliphatic rings. The third-order valence-corrected chi connectivity index (χ3v) is 3.30.